The molecule has 3 nitrogen and oxygen atoms in total. The van der Waals surface area contributed by atoms with E-state index in [2.05, 4.69) is 0 Å². The maximum Gasteiger partial charge on any atom is 0.165 e. The minimum atomic E-state index is -1.50. The fourth-order valence-electron chi connectivity index (χ4n) is 1.76. The molecule has 0 heterocycles. The van der Waals surface area contributed by atoms with Gasteiger partial charge in [0.25, 0.3) is 0 Å². The summed E-state index contributed by atoms with van der Waals surface area (Å²) >= 11 is 0. The summed E-state index contributed by atoms with van der Waals surface area (Å²) in [6.45, 7) is 4.17. The Kier molecular flexibility index (Phi) is 8.02. The molecular formula is C12H26O3. The van der Waals surface area contributed by atoms with Crippen LogP contribution in [0.4, 0.5) is 0 Å². The molecule has 0 radical (unpaired) electrons. The van der Waals surface area contributed by atoms with Crippen LogP contribution in [0.2, 0.25) is 0 Å². The molecule has 1 atom stereocenters. The summed E-state index contributed by atoms with van der Waals surface area (Å²) in [7, 11) is 0. The molecular weight excluding hydrogens is 192 g/mol. The lowest BCUT2D eigenvalue weighted by Gasteiger charge is -2.28. The first-order valence-electron chi connectivity index (χ1n) is 6.10. The molecule has 0 aliphatic rings. The molecule has 92 valence electrons. The third-order valence-electron chi connectivity index (χ3n) is 2.96. The maximum atomic E-state index is 9.78. The standard InChI is InChI=1S/C12H26O3/c1-3-8-11(2)12(14,15)9-6-4-5-7-10-13/h11,13-15H,3-10H2,1-2H3. The third kappa shape index (κ3) is 6.88. The SMILES string of the molecule is CCCC(C)C(O)(O)CCCCCCO. The summed E-state index contributed by atoms with van der Waals surface area (Å²) in [5, 5.41) is 28.1. The van der Waals surface area contributed by atoms with Gasteiger partial charge in [0.05, 0.1) is 0 Å². The highest BCUT2D eigenvalue weighted by Crippen LogP contribution is 2.25. The number of unbranched alkanes of at least 4 members (excludes halogenated alkanes) is 3. The summed E-state index contributed by atoms with van der Waals surface area (Å²) in [5.74, 6) is -1.56. The second-order valence-corrected chi connectivity index (χ2v) is 4.46. The minimum absolute atomic E-state index is 0.0552. The number of aliphatic hydroxyl groups is 3. The van der Waals surface area contributed by atoms with Crippen molar-refractivity contribution in [1.29, 1.82) is 0 Å². The van der Waals surface area contributed by atoms with Crippen molar-refractivity contribution in [2.45, 2.75) is 64.6 Å². The van der Waals surface area contributed by atoms with Gasteiger partial charge >= 0.3 is 0 Å². The zero-order chi connectivity index (χ0) is 11.7. The van der Waals surface area contributed by atoms with E-state index >= 15 is 0 Å². The lowest BCUT2D eigenvalue weighted by atomic mass is 9.91. The first kappa shape index (κ1) is 14.9. The zero-order valence-corrected chi connectivity index (χ0v) is 10.1. The Balaban J connectivity index is 3.63. The monoisotopic (exact) mass is 218 g/mol. The van der Waals surface area contributed by atoms with Gasteiger partial charge in [0, 0.05) is 18.9 Å². The van der Waals surface area contributed by atoms with E-state index in [-0.39, 0.29) is 12.5 Å². The van der Waals surface area contributed by atoms with E-state index < -0.39 is 5.79 Å². The Morgan fingerprint density at radius 2 is 1.67 bits per heavy atom. The highest BCUT2D eigenvalue weighted by Gasteiger charge is 2.29. The molecule has 0 bridgehead atoms. The van der Waals surface area contributed by atoms with E-state index in [9.17, 15) is 10.2 Å². The molecule has 3 N–H and O–H groups in total. The Morgan fingerprint density at radius 3 is 2.20 bits per heavy atom. The molecule has 0 aliphatic heterocycles. The van der Waals surface area contributed by atoms with Gasteiger partial charge in [-0.2, -0.15) is 0 Å². The molecule has 15 heavy (non-hydrogen) atoms. The average Bonchev–Trinajstić information content (AvgIpc) is 2.18. The second kappa shape index (κ2) is 8.08. The van der Waals surface area contributed by atoms with Gasteiger partial charge in [-0.15, -0.1) is 0 Å². The fraction of sp³-hybridized carbons (Fsp3) is 1.00. The van der Waals surface area contributed by atoms with Crippen molar-refractivity contribution in [2.75, 3.05) is 6.61 Å². The van der Waals surface area contributed by atoms with Gasteiger partial charge in [0.15, 0.2) is 5.79 Å². The summed E-state index contributed by atoms with van der Waals surface area (Å²) in [4.78, 5) is 0. The highest BCUT2D eigenvalue weighted by atomic mass is 16.5. The third-order valence-corrected chi connectivity index (χ3v) is 2.96. The van der Waals surface area contributed by atoms with Gasteiger partial charge in [0.2, 0.25) is 0 Å². The van der Waals surface area contributed by atoms with E-state index in [1.165, 1.54) is 0 Å². The highest BCUT2D eigenvalue weighted by molar-refractivity contribution is 4.71. The van der Waals surface area contributed by atoms with Crippen LogP contribution < -0.4 is 0 Å². The van der Waals surface area contributed by atoms with E-state index in [1.54, 1.807) is 0 Å². The number of rotatable bonds is 9. The number of hydrogen-bond donors (Lipinski definition) is 3. The largest absolute Gasteiger partial charge is 0.396 e. The van der Waals surface area contributed by atoms with Crippen molar-refractivity contribution in [1.82, 2.24) is 0 Å². The second-order valence-electron chi connectivity index (χ2n) is 4.46. The van der Waals surface area contributed by atoms with Gasteiger partial charge < -0.3 is 15.3 Å². The molecule has 0 rings (SSSR count). The molecule has 0 spiro atoms. The molecule has 3 heteroatoms. The predicted octanol–water partition coefficient (Wildman–Crippen LogP) is 2.05. The normalized spacial score (nSPS) is 14.2. The lowest BCUT2D eigenvalue weighted by molar-refractivity contribution is -0.202. The van der Waals surface area contributed by atoms with Crippen LogP contribution in [0.25, 0.3) is 0 Å². The van der Waals surface area contributed by atoms with Crippen molar-refractivity contribution < 1.29 is 15.3 Å². The van der Waals surface area contributed by atoms with Crippen LogP contribution in [0, 0.1) is 5.92 Å². The lowest BCUT2D eigenvalue weighted by Crippen LogP contribution is -2.36. The smallest absolute Gasteiger partial charge is 0.165 e. The molecule has 0 aromatic carbocycles. The Labute approximate surface area is 93.1 Å². The predicted molar refractivity (Wildman–Crippen MR) is 61.4 cm³/mol. The molecule has 0 aromatic rings. The van der Waals surface area contributed by atoms with E-state index in [0.717, 1.165) is 38.5 Å². The molecule has 0 saturated heterocycles. The average molecular weight is 218 g/mol. The van der Waals surface area contributed by atoms with E-state index in [4.69, 9.17) is 5.11 Å². The number of hydrogen-bond acceptors (Lipinski definition) is 3. The van der Waals surface area contributed by atoms with Gasteiger partial charge in [-0.3, -0.25) is 0 Å². The van der Waals surface area contributed by atoms with Crippen LogP contribution in [0.5, 0.6) is 0 Å². The quantitative estimate of drug-likeness (QED) is 0.410. The van der Waals surface area contributed by atoms with Gasteiger partial charge in [-0.25, -0.2) is 0 Å². The van der Waals surface area contributed by atoms with E-state index in [1.807, 2.05) is 13.8 Å². The molecule has 0 aliphatic carbocycles. The summed E-state index contributed by atoms with van der Waals surface area (Å²) < 4.78 is 0. The topological polar surface area (TPSA) is 60.7 Å². The van der Waals surface area contributed by atoms with Crippen LogP contribution in [0.15, 0.2) is 0 Å². The number of aliphatic hydroxyl groups excluding tert-OH is 1. The fourth-order valence-corrected chi connectivity index (χ4v) is 1.76. The molecule has 1 unspecified atom stereocenters. The first-order valence-corrected chi connectivity index (χ1v) is 6.10. The molecule has 0 aromatic heterocycles. The van der Waals surface area contributed by atoms with E-state index in [0.29, 0.717) is 6.42 Å². The summed E-state index contributed by atoms with van der Waals surface area (Å²) in [6, 6.07) is 0. The Morgan fingerprint density at radius 1 is 1.07 bits per heavy atom. The van der Waals surface area contributed by atoms with Gasteiger partial charge in [-0.1, -0.05) is 33.1 Å². The Hall–Kier alpha value is -0.120. The van der Waals surface area contributed by atoms with Crippen molar-refractivity contribution in [3.8, 4) is 0 Å². The van der Waals surface area contributed by atoms with Crippen LogP contribution in [-0.2, 0) is 0 Å². The van der Waals surface area contributed by atoms with Crippen LogP contribution >= 0.6 is 0 Å². The minimum Gasteiger partial charge on any atom is -0.396 e. The summed E-state index contributed by atoms with van der Waals surface area (Å²) in [6.07, 6.45) is 5.84. The Bertz CT molecular complexity index is 146. The van der Waals surface area contributed by atoms with Crippen molar-refractivity contribution in [2.24, 2.45) is 5.92 Å². The zero-order valence-electron chi connectivity index (χ0n) is 10.1. The van der Waals surface area contributed by atoms with Crippen molar-refractivity contribution in [3.63, 3.8) is 0 Å². The summed E-state index contributed by atoms with van der Waals surface area (Å²) in [5.41, 5.74) is 0. The molecule has 0 saturated carbocycles. The molecule has 0 fully saturated rings. The molecule has 0 amide bonds. The van der Waals surface area contributed by atoms with Gasteiger partial charge in [-0.05, 0) is 19.3 Å². The van der Waals surface area contributed by atoms with Crippen molar-refractivity contribution >= 4 is 0 Å². The van der Waals surface area contributed by atoms with Crippen LogP contribution in [-0.4, -0.2) is 27.7 Å². The maximum absolute atomic E-state index is 9.78. The van der Waals surface area contributed by atoms with Crippen LogP contribution in [0.1, 0.15) is 58.8 Å². The van der Waals surface area contributed by atoms with Gasteiger partial charge in [0.1, 0.15) is 0 Å². The first-order chi connectivity index (χ1) is 7.04. The van der Waals surface area contributed by atoms with Crippen molar-refractivity contribution in [3.05, 3.63) is 0 Å². The van der Waals surface area contributed by atoms with Crippen LogP contribution in [0.3, 0.4) is 0 Å².